The first-order valence-corrected chi connectivity index (χ1v) is 6.31. The molecular weight excluding hydrogens is 224 g/mol. The number of hydrogen-bond acceptors (Lipinski definition) is 4. The minimum absolute atomic E-state index is 0.0301. The van der Waals surface area contributed by atoms with Gasteiger partial charge in [0.2, 0.25) is 5.91 Å². The molecule has 1 amide bonds. The summed E-state index contributed by atoms with van der Waals surface area (Å²) in [4.78, 5) is 14.7. The van der Waals surface area contributed by atoms with Crippen LogP contribution in [0.15, 0.2) is 17.5 Å². The summed E-state index contributed by atoms with van der Waals surface area (Å²) >= 11 is 1.64. The number of carbonyl (C=O) groups excluding carboxylic acids is 1. The molecule has 16 heavy (non-hydrogen) atoms. The summed E-state index contributed by atoms with van der Waals surface area (Å²) in [6.45, 7) is 2.43. The van der Waals surface area contributed by atoms with Gasteiger partial charge in [0.05, 0.1) is 19.2 Å². The number of rotatable bonds is 4. The van der Waals surface area contributed by atoms with Crippen molar-refractivity contribution in [1.82, 2.24) is 10.2 Å². The maximum Gasteiger partial charge on any atom is 0.234 e. The van der Waals surface area contributed by atoms with Crippen LogP contribution in [-0.4, -0.2) is 41.7 Å². The Morgan fingerprint density at radius 1 is 1.69 bits per heavy atom. The SMILES string of the molecule is O=C(CN1CC[C@H](O)C1)NCc1cccs1. The molecule has 1 aromatic heterocycles. The van der Waals surface area contributed by atoms with Gasteiger partial charge in [0, 0.05) is 18.0 Å². The Hall–Kier alpha value is -0.910. The number of amides is 1. The number of β-amino-alcohol motifs (C(OH)–C–C–N with tert-alkyl or cyclic N) is 1. The molecule has 0 saturated carbocycles. The molecule has 2 rings (SSSR count). The van der Waals surface area contributed by atoms with Crippen molar-refractivity contribution < 1.29 is 9.90 Å². The van der Waals surface area contributed by atoms with E-state index in [1.807, 2.05) is 22.4 Å². The zero-order chi connectivity index (χ0) is 11.4. The summed E-state index contributed by atoms with van der Waals surface area (Å²) < 4.78 is 0. The van der Waals surface area contributed by atoms with Crippen molar-refractivity contribution in [3.8, 4) is 0 Å². The monoisotopic (exact) mass is 240 g/mol. The second kappa shape index (κ2) is 5.43. The largest absolute Gasteiger partial charge is 0.392 e. The molecule has 1 aliphatic heterocycles. The predicted molar refractivity (Wildman–Crippen MR) is 63.2 cm³/mol. The van der Waals surface area contributed by atoms with Crippen LogP contribution in [0.25, 0.3) is 0 Å². The first-order chi connectivity index (χ1) is 7.74. The minimum atomic E-state index is -0.259. The van der Waals surface area contributed by atoms with E-state index < -0.39 is 0 Å². The number of nitrogens with one attached hydrogen (secondary N) is 1. The zero-order valence-corrected chi connectivity index (χ0v) is 9.87. The molecule has 5 heteroatoms. The molecule has 1 aromatic rings. The van der Waals surface area contributed by atoms with E-state index in [1.54, 1.807) is 11.3 Å². The summed E-state index contributed by atoms with van der Waals surface area (Å²) in [6.07, 6.45) is 0.517. The Morgan fingerprint density at radius 2 is 2.56 bits per heavy atom. The number of hydrogen-bond donors (Lipinski definition) is 2. The van der Waals surface area contributed by atoms with Gasteiger partial charge in [-0.25, -0.2) is 0 Å². The van der Waals surface area contributed by atoms with Crippen molar-refractivity contribution in [2.75, 3.05) is 19.6 Å². The summed E-state index contributed by atoms with van der Waals surface area (Å²) in [5, 5.41) is 14.2. The number of likely N-dealkylation sites (tertiary alicyclic amines) is 1. The molecule has 0 radical (unpaired) electrons. The van der Waals surface area contributed by atoms with Gasteiger partial charge in [-0.3, -0.25) is 9.69 Å². The van der Waals surface area contributed by atoms with E-state index in [9.17, 15) is 9.90 Å². The minimum Gasteiger partial charge on any atom is -0.392 e. The first kappa shape index (κ1) is 11.6. The zero-order valence-electron chi connectivity index (χ0n) is 9.06. The normalized spacial score (nSPS) is 21.2. The number of carbonyl (C=O) groups is 1. The quantitative estimate of drug-likeness (QED) is 0.802. The van der Waals surface area contributed by atoms with Crippen molar-refractivity contribution >= 4 is 17.2 Å². The van der Waals surface area contributed by atoms with Gasteiger partial charge in [-0.15, -0.1) is 11.3 Å². The number of thiophene rings is 1. The second-order valence-electron chi connectivity index (χ2n) is 4.03. The van der Waals surface area contributed by atoms with Gasteiger partial charge in [0.15, 0.2) is 0 Å². The first-order valence-electron chi connectivity index (χ1n) is 5.43. The van der Waals surface area contributed by atoms with Crippen molar-refractivity contribution in [2.24, 2.45) is 0 Å². The van der Waals surface area contributed by atoms with Gasteiger partial charge in [-0.2, -0.15) is 0 Å². The van der Waals surface area contributed by atoms with E-state index in [0.29, 0.717) is 19.6 Å². The van der Waals surface area contributed by atoms with Gasteiger partial charge >= 0.3 is 0 Å². The third kappa shape index (κ3) is 3.30. The fraction of sp³-hybridized carbons (Fsp3) is 0.545. The fourth-order valence-electron chi connectivity index (χ4n) is 1.81. The van der Waals surface area contributed by atoms with E-state index in [4.69, 9.17) is 0 Å². The molecule has 0 aliphatic carbocycles. The summed E-state index contributed by atoms with van der Waals surface area (Å²) in [6, 6.07) is 3.98. The molecule has 0 spiro atoms. The molecule has 0 aromatic carbocycles. The van der Waals surface area contributed by atoms with Crippen molar-refractivity contribution in [1.29, 1.82) is 0 Å². The Bertz CT molecular complexity index is 340. The van der Waals surface area contributed by atoms with Crippen LogP contribution in [0.2, 0.25) is 0 Å². The lowest BCUT2D eigenvalue weighted by Crippen LogP contribution is -2.36. The van der Waals surface area contributed by atoms with Crippen LogP contribution in [0.3, 0.4) is 0 Å². The van der Waals surface area contributed by atoms with Crippen LogP contribution in [-0.2, 0) is 11.3 Å². The van der Waals surface area contributed by atoms with Gasteiger partial charge in [-0.1, -0.05) is 6.07 Å². The maximum absolute atomic E-state index is 11.6. The second-order valence-corrected chi connectivity index (χ2v) is 5.07. The van der Waals surface area contributed by atoms with Gasteiger partial charge < -0.3 is 10.4 Å². The van der Waals surface area contributed by atoms with E-state index >= 15 is 0 Å². The molecule has 1 saturated heterocycles. The van der Waals surface area contributed by atoms with E-state index in [-0.39, 0.29) is 12.0 Å². The topological polar surface area (TPSA) is 52.6 Å². The Labute approximate surface area is 98.9 Å². The smallest absolute Gasteiger partial charge is 0.234 e. The Kier molecular flexibility index (Phi) is 3.93. The van der Waals surface area contributed by atoms with Gasteiger partial charge in [0.25, 0.3) is 0 Å². The molecule has 88 valence electrons. The van der Waals surface area contributed by atoms with Crippen LogP contribution in [0.4, 0.5) is 0 Å². The maximum atomic E-state index is 11.6. The molecule has 4 nitrogen and oxygen atoms in total. The van der Waals surface area contributed by atoms with Crippen LogP contribution < -0.4 is 5.32 Å². The average molecular weight is 240 g/mol. The third-order valence-electron chi connectivity index (χ3n) is 2.65. The van der Waals surface area contributed by atoms with Crippen LogP contribution in [0, 0.1) is 0 Å². The highest BCUT2D eigenvalue weighted by Gasteiger charge is 2.21. The van der Waals surface area contributed by atoms with Crippen molar-refractivity contribution in [3.05, 3.63) is 22.4 Å². The van der Waals surface area contributed by atoms with E-state index in [0.717, 1.165) is 17.8 Å². The van der Waals surface area contributed by atoms with Gasteiger partial charge in [0.1, 0.15) is 0 Å². The van der Waals surface area contributed by atoms with Crippen LogP contribution >= 0.6 is 11.3 Å². The Balaban J connectivity index is 1.68. The third-order valence-corrected chi connectivity index (χ3v) is 3.53. The Morgan fingerprint density at radius 3 is 3.19 bits per heavy atom. The molecule has 1 aliphatic rings. The van der Waals surface area contributed by atoms with Crippen LogP contribution in [0.1, 0.15) is 11.3 Å². The fourth-order valence-corrected chi connectivity index (χ4v) is 2.46. The van der Waals surface area contributed by atoms with E-state index in [1.165, 1.54) is 0 Å². The molecule has 2 heterocycles. The highest BCUT2D eigenvalue weighted by Crippen LogP contribution is 2.09. The molecule has 1 atom stereocenters. The highest BCUT2D eigenvalue weighted by molar-refractivity contribution is 7.09. The molecule has 0 bridgehead atoms. The molecule has 1 fully saturated rings. The average Bonchev–Trinajstić information content (AvgIpc) is 2.87. The summed E-state index contributed by atoms with van der Waals surface area (Å²) in [7, 11) is 0. The number of aliphatic hydroxyl groups excluding tert-OH is 1. The van der Waals surface area contributed by atoms with Crippen molar-refractivity contribution in [2.45, 2.75) is 19.1 Å². The lowest BCUT2D eigenvalue weighted by atomic mass is 10.3. The summed E-state index contributed by atoms with van der Waals surface area (Å²) in [5.41, 5.74) is 0. The van der Waals surface area contributed by atoms with Gasteiger partial charge in [-0.05, 0) is 17.9 Å². The molecule has 2 N–H and O–H groups in total. The molecular formula is C11H16N2O2S. The lowest BCUT2D eigenvalue weighted by Gasteiger charge is -2.13. The van der Waals surface area contributed by atoms with Crippen LogP contribution in [0.5, 0.6) is 0 Å². The number of aliphatic hydroxyl groups is 1. The standard InChI is InChI=1S/C11H16N2O2S/c14-9-3-4-13(7-9)8-11(15)12-6-10-2-1-5-16-10/h1-2,5,9,14H,3-4,6-8H2,(H,12,15)/t9-/m0/s1. The van der Waals surface area contributed by atoms with Crippen molar-refractivity contribution in [3.63, 3.8) is 0 Å². The van der Waals surface area contributed by atoms with E-state index in [2.05, 4.69) is 5.32 Å². The molecule has 0 unspecified atom stereocenters. The lowest BCUT2D eigenvalue weighted by molar-refractivity contribution is -0.122. The number of nitrogens with zero attached hydrogens (tertiary/aromatic N) is 1. The highest BCUT2D eigenvalue weighted by atomic mass is 32.1. The summed E-state index contributed by atoms with van der Waals surface area (Å²) in [5.74, 6) is 0.0301. The predicted octanol–water partition coefficient (Wildman–Crippen LogP) is 0.431.